The van der Waals surface area contributed by atoms with Crippen LogP contribution in [0.5, 0.6) is 0 Å². The van der Waals surface area contributed by atoms with E-state index < -0.39 is 17.3 Å². The number of aromatic nitrogens is 2. The summed E-state index contributed by atoms with van der Waals surface area (Å²) in [4.78, 5) is 34.3. The van der Waals surface area contributed by atoms with Gasteiger partial charge in [-0.2, -0.15) is 0 Å². The van der Waals surface area contributed by atoms with Gasteiger partial charge in [0.1, 0.15) is 27.4 Å². The predicted octanol–water partition coefficient (Wildman–Crippen LogP) is 1.72. The molecule has 2 heterocycles. The smallest absolute Gasteiger partial charge is 0.280 e. The number of nitrogens with zero attached hydrogens (tertiary/aromatic N) is 2. The summed E-state index contributed by atoms with van der Waals surface area (Å²) in [5.41, 5.74) is 7.56. The van der Waals surface area contributed by atoms with Gasteiger partial charge in [-0.3, -0.25) is 19.0 Å². The average Bonchev–Trinajstić information content (AvgIpc) is 3.03. The van der Waals surface area contributed by atoms with Crippen LogP contribution in [0.3, 0.4) is 0 Å². The Morgan fingerprint density at radius 1 is 1.50 bits per heavy atom. The van der Waals surface area contributed by atoms with Gasteiger partial charge in [0, 0.05) is 10.6 Å². The van der Waals surface area contributed by atoms with Crippen LogP contribution in [0.15, 0.2) is 23.0 Å². The second-order valence-corrected chi connectivity index (χ2v) is 7.85. The third-order valence-corrected chi connectivity index (χ3v) is 5.26. The van der Waals surface area contributed by atoms with E-state index in [9.17, 15) is 14.0 Å². The van der Waals surface area contributed by atoms with Crippen LogP contribution >= 0.6 is 33.9 Å². The Morgan fingerprint density at radius 3 is 2.93 bits per heavy atom. The van der Waals surface area contributed by atoms with Crippen molar-refractivity contribution in [1.29, 1.82) is 0 Å². The summed E-state index contributed by atoms with van der Waals surface area (Å²) in [5.74, 6) is -1.26. The van der Waals surface area contributed by atoms with Crippen LogP contribution in [0.4, 0.5) is 21.0 Å². The third kappa shape index (κ3) is 3.94. The number of rotatable bonds is 6. The first kappa shape index (κ1) is 20.4. The maximum absolute atomic E-state index is 14.3. The molecule has 0 radical (unpaired) electrons. The number of anilines is 3. The number of carbonyl (C=O) groups excluding carboxylic acids is 1. The number of hydroxylamine groups is 1. The minimum absolute atomic E-state index is 0.0213. The second-order valence-electron chi connectivity index (χ2n) is 5.57. The Hall–Kier alpha value is -2.29. The van der Waals surface area contributed by atoms with Crippen molar-refractivity contribution in [3.63, 3.8) is 0 Å². The number of carbonyl (C=O) groups is 1. The van der Waals surface area contributed by atoms with Crippen LogP contribution in [-0.2, 0) is 11.9 Å². The average molecular weight is 519 g/mol. The fourth-order valence-electron chi connectivity index (χ4n) is 2.48. The Labute approximate surface area is 175 Å². The monoisotopic (exact) mass is 519 g/mol. The Morgan fingerprint density at radius 2 is 2.25 bits per heavy atom. The molecule has 28 heavy (non-hydrogen) atoms. The van der Waals surface area contributed by atoms with Gasteiger partial charge in [0.05, 0.1) is 18.9 Å². The zero-order valence-electron chi connectivity index (χ0n) is 14.5. The summed E-state index contributed by atoms with van der Waals surface area (Å²) in [7, 11) is 1.44. The maximum Gasteiger partial charge on any atom is 0.280 e. The van der Waals surface area contributed by atoms with Crippen LogP contribution in [0.25, 0.3) is 10.2 Å². The predicted molar refractivity (Wildman–Crippen MR) is 112 cm³/mol. The number of benzene rings is 1. The number of nitrogens with one attached hydrogen (secondary N) is 2. The summed E-state index contributed by atoms with van der Waals surface area (Å²) in [5, 5.41) is 11.7. The van der Waals surface area contributed by atoms with E-state index in [2.05, 4.69) is 15.8 Å². The van der Waals surface area contributed by atoms with Gasteiger partial charge in [-0.25, -0.2) is 14.9 Å². The van der Waals surface area contributed by atoms with Crippen molar-refractivity contribution >= 4 is 66.7 Å². The number of nitrogen functional groups attached to an aromatic ring is 1. The molecule has 9 nitrogen and oxygen atoms in total. The molecule has 2 aromatic heterocycles. The third-order valence-electron chi connectivity index (χ3n) is 3.72. The Bertz CT molecular complexity index is 1120. The number of fused-ring (bicyclic) bond motifs is 1. The quantitative estimate of drug-likeness (QED) is 0.222. The molecule has 3 aromatic rings. The second kappa shape index (κ2) is 8.38. The highest BCUT2D eigenvalue weighted by Gasteiger charge is 2.25. The van der Waals surface area contributed by atoms with Crippen molar-refractivity contribution in [2.75, 3.05) is 24.3 Å². The van der Waals surface area contributed by atoms with Crippen LogP contribution in [-0.4, -0.2) is 33.8 Å². The lowest BCUT2D eigenvalue weighted by molar-refractivity contribution is 0.0169. The first-order chi connectivity index (χ1) is 13.3. The number of amides is 1. The topological polar surface area (TPSA) is 132 Å². The summed E-state index contributed by atoms with van der Waals surface area (Å²) >= 11 is 2.91. The zero-order chi connectivity index (χ0) is 20.4. The van der Waals surface area contributed by atoms with Crippen LogP contribution in [0.1, 0.15) is 10.4 Å². The van der Waals surface area contributed by atoms with E-state index in [1.807, 2.05) is 22.6 Å². The molecule has 0 unspecified atom stereocenters. The van der Waals surface area contributed by atoms with Crippen molar-refractivity contribution in [1.82, 2.24) is 15.0 Å². The zero-order valence-corrected chi connectivity index (χ0v) is 17.4. The van der Waals surface area contributed by atoms with Crippen LogP contribution in [0, 0.1) is 9.39 Å². The molecular formula is C16H15FIN5O4S. The van der Waals surface area contributed by atoms with Crippen LogP contribution in [0.2, 0.25) is 0 Å². The molecule has 3 rings (SSSR count). The first-order valence-corrected chi connectivity index (χ1v) is 9.77. The van der Waals surface area contributed by atoms with Crippen molar-refractivity contribution in [3.8, 4) is 0 Å². The highest BCUT2D eigenvalue weighted by atomic mass is 127. The number of aliphatic hydroxyl groups is 1. The Balaban J connectivity index is 2.19. The van der Waals surface area contributed by atoms with Gasteiger partial charge in [-0.05, 0) is 40.8 Å². The molecule has 0 saturated carbocycles. The minimum atomic E-state index is -0.729. The number of halogens is 2. The highest BCUT2D eigenvalue weighted by molar-refractivity contribution is 14.1. The van der Waals surface area contributed by atoms with Gasteiger partial charge in [-0.15, -0.1) is 0 Å². The first-order valence-electron chi connectivity index (χ1n) is 7.87. The lowest BCUT2D eigenvalue weighted by Gasteiger charge is -2.16. The molecule has 1 aromatic carbocycles. The lowest BCUT2D eigenvalue weighted by Crippen LogP contribution is -2.30. The standard InChI is InChI=1S/C16H15FIN5O4S/c1-23-13(20-9-3-2-7(18)6-8(9)17)10(14(25)22-27-5-4-24)11-12(15(23)26)28-16(19)21-11/h2-3,6,20,24H,4-5H2,1H3,(H2,19,21)(H,22,25). The number of thiazole rings is 1. The minimum Gasteiger partial charge on any atom is -0.394 e. The van der Waals surface area contributed by atoms with E-state index in [1.165, 1.54) is 23.7 Å². The lowest BCUT2D eigenvalue weighted by atomic mass is 10.2. The van der Waals surface area contributed by atoms with E-state index in [0.29, 0.717) is 3.57 Å². The van der Waals surface area contributed by atoms with E-state index in [0.717, 1.165) is 11.3 Å². The molecule has 0 aliphatic heterocycles. The summed E-state index contributed by atoms with van der Waals surface area (Å²) < 4.78 is 16.4. The highest BCUT2D eigenvalue weighted by Crippen LogP contribution is 2.30. The van der Waals surface area contributed by atoms with E-state index in [1.54, 1.807) is 6.07 Å². The molecule has 12 heteroatoms. The molecule has 148 valence electrons. The van der Waals surface area contributed by atoms with Crippen LogP contribution < -0.4 is 22.1 Å². The van der Waals surface area contributed by atoms with Gasteiger partial charge >= 0.3 is 0 Å². The largest absolute Gasteiger partial charge is 0.394 e. The molecule has 0 bridgehead atoms. The molecule has 0 aliphatic rings. The molecule has 0 saturated heterocycles. The SMILES string of the molecule is Cn1c(Nc2ccc(I)cc2F)c(C(=O)NOCCO)c2nc(N)sc2c1=O. The van der Waals surface area contributed by atoms with E-state index in [4.69, 9.17) is 15.7 Å². The summed E-state index contributed by atoms with van der Waals surface area (Å²) in [6.07, 6.45) is 0. The van der Waals surface area contributed by atoms with Gasteiger partial charge < -0.3 is 16.2 Å². The number of hydrogen-bond acceptors (Lipinski definition) is 8. The van der Waals surface area contributed by atoms with Gasteiger partial charge in [0.25, 0.3) is 11.5 Å². The Kier molecular flexibility index (Phi) is 6.12. The van der Waals surface area contributed by atoms with Crippen molar-refractivity contribution in [2.45, 2.75) is 0 Å². The molecule has 0 fully saturated rings. The van der Waals surface area contributed by atoms with Gasteiger partial charge in [-0.1, -0.05) is 11.3 Å². The van der Waals surface area contributed by atoms with Gasteiger partial charge in [0.15, 0.2) is 5.13 Å². The summed E-state index contributed by atoms with van der Waals surface area (Å²) in [6.45, 7) is -0.431. The summed E-state index contributed by atoms with van der Waals surface area (Å²) in [6, 6.07) is 4.48. The molecule has 1 amide bonds. The fraction of sp³-hybridized carbons (Fsp3) is 0.188. The fourth-order valence-corrected chi connectivity index (χ4v) is 3.75. The van der Waals surface area contributed by atoms with Crippen molar-refractivity contribution < 1.29 is 19.1 Å². The molecule has 5 N–H and O–H groups in total. The number of hydrogen-bond donors (Lipinski definition) is 4. The maximum atomic E-state index is 14.3. The van der Waals surface area contributed by atoms with Gasteiger partial charge in [0.2, 0.25) is 0 Å². The molecule has 0 atom stereocenters. The van der Waals surface area contributed by atoms with Crippen molar-refractivity contribution in [3.05, 3.63) is 43.5 Å². The number of nitrogens with two attached hydrogens (primary N) is 1. The van der Waals surface area contributed by atoms with E-state index in [-0.39, 0.29) is 45.6 Å². The van der Waals surface area contributed by atoms with Crippen molar-refractivity contribution in [2.24, 2.45) is 7.05 Å². The van der Waals surface area contributed by atoms with E-state index >= 15 is 0 Å². The normalized spacial score (nSPS) is 11.0. The number of aliphatic hydroxyl groups excluding tert-OH is 1. The number of pyridine rings is 1. The molecular weight excluding hydrogens is 504 g/mol. The molecule has 0 aliphatic carbocycles. The molecule has 0 spiro atoms.